The van der Waals surface area contributed by atoms with Gasteiger partial charge >= 0.3 is 0 Å². The molecular formula is C13H28N2O3S. The van der Waals surface area contributed by atoms with Gasteiger partial charge in [-0.15, -0.1) is 0 Å². The third-order valence-corrected chi connectivity index (χ3v) is 3.83. The fourth-order valence-electron chi connectivity index (χ4n) is 1.54. The van der Waals surface area contributed by atoms with Crippen LogP contribution in [0.3, 0.4) is 0 Å². The normalized spacial score (nSPS) is 15.9. The van der Waals surface area contributed by atoms with Gasteiger partial charge in [0.2, 0.25) is 5.91 Å². The number of hydrogen-bond donors (Lipinski definition) is 2. The van der Waals surface area contributed by atoms with Gasteiger partial charge in [0, 0.05) is 12.3 Å². The van der Waals surface area contributed by atoms with Gasteiger partial charge in [-0.1, -0.05) is 20.8 Å². The van der Waals surface area contributed by atoms with Gasteiger partial charge in [-0.25, -0.2) is 8.42 Å². The summed E-state index contributed by atoms with van der Waals surface area (Å²) in [6, 6.07) is -0.706. The molecule has 19 heavy (non-hydrogen) atoms. The zero-order valence-electron chi connectivity index (χ0n) is 12.7. The molecule has 114 valence electrons. The number of nitrogens with one attached hydrogen (secondary N) is 1. The van der Waals surface area contributed by atoms with Gasteiger partial charge in [0.05, 0.1) is 11.8 Å². The van der Waals surface area contributed by atoms with Crippen molar-refractivity contribution in [3.63, 3.8) is 0 Å². The van der Waals surface area contributed by atoms with Crippen LogP contribution in [-0.4, -0.2) is 38.4 Å². The Hall–Kier alpha value is -0.620. The summed E-state index contributed by atoms with van der Waals surface area (Å²) in [5.41, 5.74) is 5.91. The van der Waals surface area contributed by atoms with E-state index in [1.807, 2.05) is 6.92 Å². The van der Waals surface area contributed by atoms with Crippen LogP contribution in [-0.2, 0) is 14.6 Å². The standard InChI is InChI=1S/C13H28N2O3S/c1-10(6-8-13(2,3)4)15-12(16)11(14)7-9-19(5,17)18/h10-11H,6-9,14H2,1-5H3,(H,15,16). The molecule has 0 aliphatic rings. The van der Waals surface area contributed by atoms with Crippen molar-refractivity contribution in [2.24, 2.45) is 11.1 Å². The topological polar surface area (TPSA) is 89.3 Å². The van der Waals surface area contributed by atoms with E-state index in [2.05, 4.69) is 26.1 Å². The zero-order valence-corrected chi connectivity index (χ0v) is 13.5. The van der Waals surface area contributed by atoms with E-state index < -0.39 is 15.9 Å². The monoisotopic (exact) mass is 292 g/mol. The van der Waals surface area contributed by atoms with E-state index >= 15 is 0 Å². The molecule has 0 heterocycles. The maximum absolute atomic E-state index is 11.8. The van der Waals surface area contributed by atoms with Gasteiger partial charge in [-0.2, -0.15) is 0 Å². The lowest BCUT2D eigenvalue weighted by Gasteiger charge is -2.22. The second kappa shape index (κ2) is 7.24. The van der Waals surface area contributed by atoms with Crippen molar-refractivity contribution >= 4 is 15.7 Å². The third kappa shape index (κ3) is 10.9. The number of hydrogen-bond acceptors (Lipinski definition) is 4. The number of sulfone groups is 1. The molecule has 0 saturated heterocycles. The number of carbonyl (C=O) groups is 1. The molecule has 0 fully saturated rings. The van der Waals surface area contributed by atoms with Gasteiger partial charge in [0.15, 0.2) is 0 Å². The first-order chi connectivity index (χ1) is 8.41. The predicted octanol–water partition coefficient (Wildman–Crippen LogP) is 1.08. The number of nitrogens with two attached hydrogens (primary N) is 1. The smallest absolute Gasteiger partial charge is 0.237 e. The second-order valence-corrected chi connectivity index (χ2v) is 8.79. The molecule has 0 bridgehead atoms. The lowest BCUT2D eigenvalue weighted by Crippen LogP contribution is -2.45. The highest BCUT2D eigenvalue weighted by Gasteiger charge is 2.19. The summed E-state index contributed by atoms with van der Waals surface area (Å²) >= 11 is 0. The molecule has 0 saturated carbocycles. The minimum Gasteiger partial charge on any atom is -0.352 e. The van der Waals surface area contributed by atoms with E-state index in [0.717, 1.165) is 19.1 Å². The summed E-state index contributed by atoms with van der Waals surface area (Å²) in [7, 11) is -3.07. The zero-order chi connectivity index (χ0) is 15.3. The molecule has 0 rings (SSSR count). The molecule has 1 amide bonds. The summed E-state index contributed by atoms with van der Waals surface area (Å²) < 4.78 is 22.0. The van der Waals surface area contributed by atoms with Crippen molar-refractivity contribution in [2.75, 3.05) is 12.0 Å². The maximum atomic E-state index is 11.8. The molecule has 0 spiro atoms. The third-order valence-electron chi connectivity index (χ3n) is 2.85. The Bertz CT molecular complexity index is 385. The van der Waals surface area contributed by atoms with E-state index in [1.165, 1.54) is 0 Å². The molecule has 3 N–H and O–H groups in total. The van der Waals surface area contributed by atoms with Gasteiger partial charge < -0.3 is 11.1 Å². The van der Waals surface area contributed by atoms with Gasteiger partial charge in [0.1, 0.15) is 9.84 Å². The highest BCUT2D eigenvalue weighted by Crippen LogP contribution is 2.21. The Morgan fingerprint density at radius 2 is 1.79 bits per heavy atom. The van der Waals surface area contributed by atoms with Crippen LogP contribution >= 0.6 is 0 Å². The first kappa shape index (κ1) is 18.4. The Labute approximate surface area is 117 Å². The van der Waals surface area contributed by atoms with Crippen molar-refractivity contribution in [2.45, 2.75) is 59.0 Å². The van der Waals surface area contributed by atoms with Crippen LogP contribution in [0.2, 0.25) is 0 Å². The average Bonchev–Trinajstić information content (AvgIpc) is 2.21. The molecule has 0 aromatic heterocycles. The summed E-state index contributed by atoms with van der Waals surface area (Å²) in [6.07, 6.45) is 3.20. The number of rotatable bonds is 7. The highest BCUT2D eigenvalue weighted by molar-refractivity contribution is 7.90. The molecule has 0 aliphatic heterocycles. The molecular weight excluding hydrogens is 264 g/mol. The van der Waals surface area contributed by atoms with Crippen LogP contribution in [0, 0.1) is 5.41 Å². The lowest BCUT2D eigenvalue weighted by atomic mass is 9.89. The SMILES string of the molecule is CC(CCC(C)(C)C)NC(=O)C(N)CCS(C)(=O)=O. The minimum absolute atomic E-state index is 0.0519. The first-order valence-corrected chi connectivity index (χ1v) is 8.70. The summed E-state index contributed by atoms with van der Waals surface area (Å²) in [5, 5.41) is 2.83. The molecule has 2 unspecified atom stereocenters. The van der Waals surface area contributed by atoms with Gasteiger partial charge in [0.25, 0.3) is 0 Å². The Morgan fingerprint density at radius 1 is 1.26 bits per heavy atom. The first-order valence-electron chi connectivity index (χ1n) is 6.64. The van der Waals surface area contributed by atoms with Crippen molar-refractivity contribution in [1.29, 1.82) is 0 Å². The molecule has 0 aromatic rings. The van der Waals surface area contributed by atoms with Crippen molar-refractivity contribution in [3.8, 4) is 0 Å². The van der Waals surface area contributed by atoms with Crippen LogP contribution in [0.25, 0.3) is 0 Å². The number of carbonyl (C=O) groups excluding carboxylic acids is 1. The van der Waals surface area contributed by atoms with Crippen LogP contribution < -0.4 is 11.1 Å². The fourth-order valence-corrected chi connectivity index (χ4v) is 2.23. The molecule has 0 radical (unpaired) electrons. The predicted molar refractivity (Wildman–Crippen MR) is 78.6 cm³/mol. The summed E-state index contributed by atoms with van der Waals surface area (Å²) in [4.78, 5) is 11.8. The molecule has 0 aliphatic carbocycles. The molecule has 0 aromatic carbocycles. The molecule has 5 nitrogen and oxygen atoms in total. The quantitative estimate of drug-likeness (QED) is 0.735. The van der Waals surface area contributed by atoms with Gasteiger partial charge in [-0.3, -0.25) is 4.79 Å². The van der Waals surface area contributed by atoms with E-state index in [-0.39, 0.29) is 29.5 Å². The second-order valence-electron chi connectivity index (χ2n) is 6.53. The lowest BCUT2D eigenvalue weighted by molar-refractivity contribution is -0.123. The fraction of sp³-hybridized carbons (Fsp3) is 0.923. The van der Waals surface area contributed by atoms with Crippen molar-refractivity contribution in [3.05, 3.63) is 0 Å². The number of amides is 1. The molecule has 6 heteroatoms. The minimum atomic E-state index is -3.07. The van der Waals surface area contributed by atoms with E-state index in [9.17, 15) is 13.2 Å². The Kier molecular flexibility index (Phi) is 7.00. The summed E-state index contributed by atoms with van der Waals surface area (Å²) in [5.74, 6) is -0.331. The molecule has 2 atom stereocenters. The van der Waals surface area contributed by atoms with E-state index in [0.29, 0.717) is 0 Å². The summed E-state index contributed by atoms with van der Waals surface area (Å²) in [6.45, 7) is 8.39. The maximum Gasteiger partial charge on any atom is 0.237 e. The van der Waals surface area contributed by atoms with Crippen LogP contribution in [0.4, 0.5) is 0 Å². The largest absolute Gasteiger partial charge is 0.352 e. The van der Waals surface area contributed by atoms with E-state index in [1.54, 1.807) is 0 Å². The van der Waals surface area contributed by atoms with Crippen molar-refractivity contribution < 1.29 is 13.2 Å². The van der Waals surface area contributed by atoms with Crippen LogP contribution in [0.1, 0.15) is 47.0 Å². The average molecular weight is 292 g/mol. The van der Waals surface area contributed by atoms with Gasteiger partial charge in [-0.05, 0) is 31.6 Å². The Morgan fingerprint density at radius 3 is 2.21 bits per heavy atom. The van der Waals surface area contributed by atoms with E-state index in [4.69, 9.17) is 5.73 Å². The highest BCUT2D eigenvalue weighted by atomic mass is 32.2. The van der Waals surface area contributed by atoms with Crippen molar-refractivity contribution in [1.82, 2.24) is 5.32 Å². The Balaban J connectivity index is 4.08. The van der Waals surface area contributed by atoms with Crippen LogP contribution in [0.15, 0.2) is 0 Å². The van der Waals surface area contributed by atoms with Crippen LogP contribution in [0.5, 0.6) is 0 Å².